The van der Waals surface area contributed by atoms with Crippen molar-refractivity contribution in [3.8, 4) is 0 Å². The molecule has 2 heterocycles. The standard InChI is InChI=1S/C10H6N2O2/c13-9-7-5-3-1-2-4-6(5)8(11-7)10(14)12-9/h1-5H,(H,12,13,14). The Labute approximate surface area is 79.7 Å². The zero-order valence-corrected chi connectivity index (χ0v) is 7.15. The second-order valence-electron chi connectivity index (χ2n) is 3.31. The summed E-state index contributed by atoms with van der Waals surface area (Å²) in [6, 6.07) is 0. The van der Waals surface area contributed by atoms with Crippen LogP contribution in [0.1, 0.15) is 0 Å². The van der Waals surface area contributed by atoms with E-state index in [0.717, 1.165) is 5.57 Å². The fourth-order valence-corrected chi connectivity index (χ4v) is 1.86. The Balaban J connectivity index is 2.23. The first kappa shape index (κ1) is 7.44. The molecule has 0 radical (unpaired) electrons. The predicted octanol–water partition coefficient (Wildman–Crippen LogP) is 0.0937. The van der Waals surface area contributed by atoms with Crippen molar-refractivity contribution in [3.63, 3.8) is 0 Å². The lowest BCUT2D eigenvalue weighted by molar-refractivity contribution is -0.125. The lowest BCUT2D eigenvalue weighted by Gasteiger charge is -2.10. The first-order valence-corrected chi connectivity index (χ1v) is 4.30. The van der Waals surface area contributed by atoms with E-state index in [2.05, 4.69) is 10.3 Å². The number of fused-ring (bicyclic) bond motifs is 3. The first-order chi connectivity index (χ1) is 6.77. The highest BCUT2D eigenvalue weighted by Crippen LogP contribution is 2.32. The smallest absolute Gasteiger partial charge is 0.277 e. The van der Waals surface area contributed by atoms with Crippen LogP contribution in [0.5, 0.6) is 0 Å². The van der Waals surface area contributed by atoms with Gasteiger partial charge >= 0.3 is 0 Å². The van der Waals surface area contributed by atoms with Crippen LogP contribution < -0.4 is 5.32 Å². The number of nitrogens with zero attached hydrogens (tertiary/aromatic N) is 1. The summed E-state index contributed by atoms with van der Waals surface area (Å²) in [6.45, 7) is 0. The molecule has 2 bridgehead atoms. The second kappa shape index (κ2) is 2.29. The van der Waals surface area contributed by atoms with Crippen molar-refractivity contribution < 1.29 is 9.59 Å². The number of aliphatic imine (C=N–C) groups is 1. The molecule has 1 atom stereocenters. The molecule has 4 heteroatoms. The van der Waals surface area contributed by atoms with Crippen molar-refractivity contribution in [2.75, 3.05) is 0 Å². The average molecular weight is 186 g/mol. The van der Waals surface area contributed by atoms with Gasteiger partial charge in [-0.1, -0.05) is 24.3 Å². The van der Waals surface area contributed by atoms with Gasteiger partial charge in [0, 0.05) is 0 Å². The number of rotatable bonds is 0. The Hall–Kier alpha value is -1.97. The molecule has 0 saturated heterocycles. The van der Waals surface area contributed by atoms with Gasteiger partial charge in [-0.25, -0.2) is 4.99 Å². The SMILES string of the molecule is O=C1NC(=O)C2=C3C=CC=CC3C1=N2. The predicted molar refractivity (Wildman–Crippen MR) is 49.4 cm³/mol. The van der Waals surface area contributed by atoms with Crippen LogP contribution in [0, 0.1) is 5.92 Å². The fraction of sp³-hybridized carbons (Fsp3) is 0.100. The number of carbonyl (C=O) groups excluding carboxylic acids is 2. The van der Waals surface area contributed by atoms with Crippen LogP contribution in [0.25, 0.3) is 0 Å². The molecule has 0 aromatic carbocycles. The minimum Gasteiger partial charge on any atom is -0.286 e. The van der Waals surface area contributed by atoms with Crippen molar-refractivity contribution in [3.05, 3.63) is 35.6 Å². The number of hydrogen-bond donors (Lipinski definition) is 1. The molecule has 2 aliphatic heterocycles. The monoisotopic (exact) mass is 186 g/mol. The maximum absolute atomic E-state index is 11.4. The Kier molecular flexibility index (Phi) is 1.21. The highest BCUT2D eigenvalue weighted by atomic mass is 16.2. The molecule has 0 saturated carbocycles. The van der Waals surface area contributed by atoms with Crippen LogP contribution >= 0.6 is 0 Å². The lowest BCUT2D eigenvalue weighted by Crippen LogP contribution is -2.39. The Morgan fingerprint density at radius 2 is 2.07 bits per heavy atom. The number of imide groups is 1. The molecule has 0 aromatic heterocycles. The van der Waals surface area contributed by atoms with E-state index in [9.17, 15) is 9.59 Å². The number of allylic oxidation sites excluding steroid dienone is 5. The molecule has 68 valence electrons. The zero-order valence-electron chi connectivity index (χ0n) is 7.15. The maximum Gasteiger partial charge on any atom is 0.277 e. The molecule has 0 fully saturated rings. The molecule has 3 rings (SSSR count). The molecular weight excluding hydrogens is 180 g/mol. The summed E-state index contributed by atoms with van der Waals surface area (Å²) < 4.78 is 0. The summed E-state index contributed by atoms with van der Waals surface area (Å²) in [5, 5.41) is 2.26. The zero-order chi connectivity index (χ0) is 9.71. The Bertz CT molecular complexity index is 480. The van der Waals surface area contributed by atoms with Crippen LogP contribution in [-0.4, -0.2) is 17.5 Å². The molecule has 1 aliphatic carbocycles. The van der Waals surface area contributed by atoms with Crippen LogP contribution in [0.15, 0.2) is 40.6 Å². The Morgan fingerprint density at radius 3 is 2.93 bits per heavy atom. The number of nitrogens with one attached hydrogen (secondary N) is 1. The molecule has 2 amide bonds. The van der Waals surface area contributed by atoms with Gasteiger partial charge in [-0.2, -0.15) is 0 Å². The maximum atomic E-state index is 11.4. The summed E-state index contributed by atoms with van der Waals surface area (Å²) in [5.41, 5.74) is 1.63. The summed E-state index contributed by atoms with van der Waals surface area (Å²) >= 11 is 0. The second-order valence-corrected chi connectivity index (χ2v) is 3.31. The van der Waals surface area contributed by atoms with Crippen molar-refractivity contribution in [1.82, 2.24) is 5.32 Å². The molecule has 1 N–H and O–H groups in total. The number of hydrogen-bond acceptors (Lipinski definition) is 3. The van der Waals surface area contributed by atoms with E-state index < -0.39 is 5.91 Å². The van der Waals surface area contributed by atoms with Gasteiger partial charge in [-0.3, -0.25) is 14.9 Å². The molecule has 0 spiro atoms. The van der Waals surface area contributed by atoms with Gasteiger partial charge in [0.25, 0.3) is 11.8 Å². The molecular formula is C10H6N2O2. The van der Waals surface area contributed by atoms with Crippen LogP contribution in [0.3, 0.4) is 0 Å². The van der Waals surface area contributed by atoms with Gasteiger partial charge in [0.2, 0.25) is 0 Å². The molecule has 1 unspecified atom stereocenters. The van der Waals surface area contributed by atoms with E-state index in [-0.39, 0.29) is 11.8 Å². The third-order valence-corrected chi connectivity index (χ3v) is 2.50. The Morgan fingerprint density at radius 1 is 1.21 bits per heavy atom. The molecule has 4 nitrogen and oxygen atoms in total. The quantitative estimate of drug-likeness (QED) is 0.545. The van der Waals surface area contributed by atoms with Gasteiger partial charge in [0.1, 0.15) is 11.4 Å². The van der Waals surface area contributed by atoms with Gasteiger partial charge in [0.05, 0.1) is 5.92 Å². The van der Waals surface area contributed by atoms with Gasteiger partial charge < -0.3 is 0 Å². The normalized spacial score (nSPS) is 27.7. The number of amides is 2. The van der Waals surface area contributed by atoms with Crippen molar-refractivity contribution in [1.29, 1.82) is 0 Å². The van der Waals surface area contributed by atoms with Crippen molar-refractivity contribution >= 4 is 17.5 Å². The third-order valence-electron chi connectivity index (χ3n) is 2.50. The molecule has 14 heavy (non-hydrogen) atoms. The minimum atomic E-state index is -0.392. The highest BCUT2D eigenvalue weighted by molar-refractivity contribution is 6.47. The van der Waals surface area contributed by atoms with Gasteiger partial charge in [-0.15, -0.1) is 0 Å². The third kappa shape index (κ3) is 0.750. The summed E-state index contributed by atoms with van der Waals surface area (Å²) in [4.78, 5) is 26.8. The summed E-state index contributed by atoms with van der Waals surface area (Å²) in [6.07, 6.45) is 7.40. The van der Waals surface area contributed by atoms with Gasteiger partial charge in [-0.05, 0) is 5.57 Å². The van der Waals surface area contributed by atoms with Crippen LogP contribution in [0.2, 0.25) is 0 Å². The highest BCUT2D eigenvalue weighted by Gasteiger charge is 2.39. The lowest BCUT2D eigenvalue weighted by atomic mass is 9.92. The number of carbonyl (C=O) groups is 2. The van der Waals surface area contributed by atoms with Crippen molar-refractivity contribution in [2.45, 2.75) is 0 Å². The van der Waals surface area contributed by atoms with E-state index >= 15 is 0 Å². The van der Waals surface area contributed by atoms with Crippen LogP contribution in [-0.2, 0) is 9.59 Å². The van der Waals surface area contributed by atoms with Crippen LogP contribution in [0.4, 0.5) is 0 Å². The van der Waals surface area contributed by atoms with Gasteiger partial charge in [0.15, 0.2) is 0 Å². The van der Waals surface area contributed by atoms with Crippen molar-refractivity contribution in [2.24, 2.45) is 10.9 Å². The summed E-state index contributed by atoms with van der Waals surface area (Å²) in [7, 11) is 0. The largest absolute Gasteiger partial charge is 0.286 e. The average Bonchev–Trinajstić information content (AvgIpc) is 2.52. The van der Waals surface area contributed by atoms with E-state index in [0.29, 0.717) is 11.4 Å². The fourth-order valence-electron chi connectivity index (χ4n) is 1.86. The minimum absolute atomic E-state index is 0.124. The first-order valence-electron chi connectivity index (χ1n) is 4.30. The van der Waals surface area contributed by atoms with E-state index in [1.807, 2.05) is 24.3 Å². The molecule has 0 aromatic rings. The topological polar surface area (TPSA) is 58.5 Å². The summed E-state index contributed by atoms with van der Waals surface area (Å²) in [5.74, 6) is -0.892. The van der Waals surface area contributed by atoms with E-state index in [1.54, 1.807) is 0 Å². The van der Waals surface area contributed by atoms with E-state index in [1.165, 1.54) is 0 Å². The molecule has 3 aliphatic rings. The van der Waals surface area contributed by atoms with E-state index in [4.69, 9.17) is 0 Å².